The van der Waals surface area contributed by atoms with Crippen LogP contribution in [0.3, 0.4) is 0 Å². The molecule has 1 N–H and O–H groups in total. The second-order valence-corrected chi connectivity index (χ2v) is 6.29. The average molecular weight is 290 g/mol. The summed E-state index contributed by atoms with van der Waals surface area (Å²) in [5.74, 6) is 2.42. The van der Waals surface area contributed by atoms with E-state index in [9.17, 15) is 0 Å². The van der Waals surface area contributed by atoms with Crippen LogP contribution >= 0.6 is 0 Å². The van der Waals surface area contributed by atoms with Gasteiger partial charge >= 0.3 is 0 Å². The van der Waals surface area contributed by atoms with Gasteiger partial charge in [-0.05, 0) is 33.6 Å². The molecule has 1 aromatic rings. The van der Waals surface area contributed by atoms with Gasteiger partial charge in [-0.1, -0.05) is 0 Å². The van der Waals surface area contributed by atoms with Crippen molar-refractivity contribution in [2.75, 3.05) is 31.6 Å². The van der Waals surface area contributed by atoms with E-state index in [0.29, 0.717) is 12.0 Å². The number of ether oxygens (including phenoxy) is 1. The minimum Gasteiger partial charge on any atom is -0.370 e. The highest BCUT2D eigenvalue weighted by molar-refractivity contribution is 5.38. The first-order valence-electron chi connectivity index (χ1n) is 8.15. The van der Waals surface area contributed by atoms with E-state index < -0.39 is 0 Å². The van der Waals surface area contributed by atoms with Crippen LogP contribution in [0, 0.1) is 0 Å². The van der Waals surface area contributed by atoms with Crippen molar-refractivity contribution >= 4 is 5.82 Å². The number of anilines is 1. The smallest absolute Gasteiger partial charge is 0.161 e. The van der Waals surface area contributed by atoms with Gasteiger partial charge in [0.2, 0.25) is 0 Å². The number of hydrogen-bond donors (Lipinski definition) is 1. The Morgan fingerprint density at radius 1 is 1.38 bits per heavy atom. The normalized spacial score (nSPS) is 23.5. The summed E-state index contributed by atoms with van der Waals surface area (Å²) in [5, 5.41) is 3.32. The van der Waals surface area contributed by atoms with Gasteiger partial charge in [0.05, 0.1) is 6.61 Å². The zero-order chi connectivity index (χ0) is 14.8. The van der Waals surface area contributed by atoms with Gasteiger partial charge in [0.15, 0.2) is 5.82 Å². The maximum absolute atomic E-state index is 5.94. The molecule has 0 spiro atoms. The lowest BCUT2D eigenvalue weighted by Crippen LogP contribution is -2.42. The summed E-state index contributed by atoms with van der Waals surface area (Å²) in [5.41, 5.74) is 1.18. The third-order valence-electron chi connectivity index (χ3n) is 4.23. The largest absolute Gasteiger partial charge is 0.370 e. The molecule has 0 radical (unpaired) electrons. The molecule has 2 heterocycles. The quantitative estimate of drug-likeness (QED) is 0.903. The molecule has 3 rings (SSSR count). The summed E-state index contributed by atoms with van der Waals surface area (Å²) in [6.45, 7) is 10.1. The first-order valence-corrected chi connectivity index (χ1v) is 8.15. The third-order valence-corrected chi connectivity index (χ3v) is 4.23. The van der Waals surface area contributed by atoms with Crippen molar-refractivity contribution in [2.24, 2.45) is 0 Å². The monoisotopic (exact) mass is 290 g/mol. The topological polar surface area (TPSA) is 50.3 Å². The van der Waals surface area contributed by atoms with E-state index in [-0.39, 0.29) is 6.10 Å². The van der Waals surface area contributed by atoms with Crippen molar-refractivity contribution in [1.29, 1.82) is 0 Å². The minimum absolute atomic E-state index is 0.00254. The molecule has 2 fully saturated rings. The number of morpholine rings is 1. The molecule has 21 heavy (non-hydrogen) atoms. The van der Waals surface area contributed by atoms with Crippen LogP contribution in [0.5, 0.6) is 0 Å². The van der Waals surface area contributed by atoms with Gasteiger partial charge in [0.1, 0.15) is 11.9 Å². The van der Waals surface area contributed by atoms with Gasteiger partial charge < -0.3 is 10.1 Å². The highest BCUT2D eigenvalue weighted by atomic mass is 16.5. The van der Waals surface area contributed by atoms with Crippen molar-refractivity contribution in [3.63, 3.8) is 0 Å². The van der Waals surface area contributed by atoms with Gasteiger partial charge in [-0.25, -0.2) is 9.97 Å². The Hall–Kier alpha value is -1.20. The van der Waals surface area contributed by atoms with Crippen molar-refractivity contribution in [3.05, 3.63) is 17.6 Å². The van der Waals surface area contributed by atoms with E-state index in [1.165, 1.54) is 18.5 Å². The first kappa shape index (κ1) is 14.7. The van der Waals surface area contributed by atoms with Crippen molar-refractivity contribution < 1.29 is 4.74 Å². The molecule has 2 aliphatic rings. The van der Waals surface area contributed by atoms with E-state index in [0.717, 1.165) is 37.9 Å². The molecule has 5 nitrogen and oxygen atoms in total. The molecule has 5 heteroatoms. The number of nitrogens with zero attached hydrogens (tertiary/aromatic N) is 3. The number of aromatic nitrogens is 2. The predicted molar refractivity (Wildman–Crippen MR) is 83.6 cm³/mol. The lowest BCUT2D eigenvalue weighted by atomic mass is 10.2. The Balaban J connectivity index is 1.82. The number of nitrogens with one attached hydrogen (secondary N) is 1. The SMILES string of the molecule is CCNc1cc(C2CC2)nc(C2CN(C(C)C)CCO2)n1. The summed E-state index contributed by atoms with van der Waals surface area (Å²) in [4.78, 5) is 11.9. The van der Waals surface area contributed by atoms with Crippen LogP contribution in [-0.4, -0.2) is 47.2 Å². The Kier molecular flexibility index (Phi) is 4.40. The molecule has 0 amide bonds. The minimum atomic E-state index is -0.00254. The van der Waals surface area contributed by atoms with Gasteiger partial charge in [-0.3, -0.25) is 4.90 Å². The lowest BCUT2D eigenvalue weighted by molar-refractivity contribution is -0.0443. The van der Waals surface area contributed by atoms with Crippen LogP contribution in [0.1, 0.15) is 57.2 Å². The molecule has 0 bridgehead atoms. The summed E-state index contributed by atoms with van der Waals surface area (Å²) >= 11 is 0. The van der Waals surface area contributed by atoms with E-state index in [1.807, 2.05) is 0 Å². The molecular formula is C16H26N4O. The third kappa shape index (κ3) is 3.52. The van der Waals surface area contributed by atoms with E-state index >= 15 is 0 Å². The Bertz CT molecular complexity index is 487. The van der Waals surface area contributed by atoms with Gasteiger partial charge in [-0.2, -0.15) is 0 Å². The Morgan fingerprint density at radius 3 is 2.86 bits per heavy atom. The van der Waals surface area contributed by atoms with E-state index in [4.69, 9.17) is 9.72 Å². The van der Waals surface area contributed by atoms with Crippen LogP contribution in [0.4, 0.5) is 5.82 Å². The summed E-state index contributed by atoms with van der Waals surface area (Å²) in [6, 6.07) is 2.64. The number of hydrogen-bond acceptors (Lipinski definition) is 5. The maximum atomic E-state index is 5.94. The van der Waals surface area contributed by atoms with Crippen molar-refractivity contribution in [2.45, 2.75) is 51.7 Å². The molecule has 1 aliphatic carbocycles. The molecule has 1 aromatic heterocycles. The van der Waals surface area contributed by atoms with Gasteiger partial charge in [0, 0.05) is 43.4 Å². The molecule has 1 unspecified atom stereocenters. The second-order valence-electron chi connectivity index (χ2n) is 6.29. The van der Waals surface area contributed by atoms with Crippen LogP contribution in [0.15, 0.2) is 6.07 Å². The highest BCUT2D eigenvalue weighted by Crippen LogP contribution is 2.40. The van der Waals surface area contributed by atoms with Crippen LogP contribution in [-0.2, 0) is 4.74 Å². The summed E-state index contributed by atoms with van der Waals surface area (Å²) < 4.78 is 5.94. The highest BCUT2D eigenvalue weighted by Gasteiger charge is 2.30. The maximum Gasteiger partial charge on any atom is 0.161 e. The first-order chi connectivity index (χ1) is 10.2. The Morgan fingerprint density at radius 2 is 2.19 bits per heavy atom. The standard InChI is InChI=1S/C16H26N4O/c1-4-17-15-9-13(12-5-6-12)18-16(19-15)14-10-20(11(2)3)7-8-21-14/h9,11-12,14H,4-8,10H2,1-3H3,(H,17,18,19). The van der Waals surface area contributed by atoms with Crippen molar-refractivity contribution in [3.8, 4) is 0 Å². The van der Waals surface area contributed by atoms with Gasteiger partial charge in [-0.15, -0.1) is 0 Å². The molecule has 1 saturated carbocycles. The molecule has 1 saturated heterocycles. The van der Waals surface area contributed by atoms with E-state index in [1.54, 1.807) is 0 Å². The van der Waals surface area contributed by atoms with E-state index in [2.05, 4.69) is 42.0 Å². The fourth-order valence-electron chi connectivity index (χ4n) is 2.78. The second kappa shape index (κ2) is 6.28. The fraction of sp³-hybridized carbons (Fsp3) is 0.750. The van der Waals surface area contributed by atoms with Gasteiger partial charge in [0.25, 0.3) is 0 Å². The van der Waals surface area contributed by atoms with Crippen LogP contribution < -0.4 is 5.32 Å². The molecule has 116 valence electrons. The average Bonchev–Trinajstić information content (AvgIpc) is 3.32. The lowest BCUT2D eigenvalue weighted by Gasteiger charge is -2.34. The Labute approximate surface area is 127 Å². The zero-order valence-electron chi connectivity index (χ0n) is 13.3. The summed E-state index contributed by atoms with van der Waals surface area (Å²) in [7, 11) is 0. The number of rotatable bonds is 5. The van der Waals surface area contributed by atoms with Crippen LogP contribution in [0.2, 0.25) is 0 Å². The van der Waals surface area contributed by atoms with Crippen LogP contribution in [0.25, 0.3) is 0 Å². The predicted octanol–water partition coefficient (Wildman–Crippen LogP) is 2.57. The molecule has 0 aromatic carbocycles. The van der Waals surface area contributed by atoms with Crippen molar-refractivity contribution in [1.82, 2.24) is 14.9 Å². The molecular weight excluding hydrogens is 264 g/mol. The fourth-order valence-corrected chi connectivity index (χ4v) is 2.78. The molecule has 1 aliphatic heterocycles. The summed E-state index contributed by atoms with van der Waals surface area (Å²) in [6.07, 6.45) is 2.51. The molecule has 1 atom stereocenters. The zero-order valence-corrected chi connectivity index (χ0v) is 13.3.